The zero-order valence-electron chi connectivity index (χ0n) is 12.6. The van der Waals surface area contributed by atoms with Crippen LogP contribution >= 0.6 is 0 Å². The fourth-order valence-corrected chi connectivity index (χ4v) is 2.19. The third-order valence-electron chi connectivity index (χ3n) is 3.50. The van der Waals surface area contributed by atoms with E-state index in [9.17, 15) is 5.11 Å². The molecule has 2 aromatic rings. The molecule has 0 amide bonds. The van der Waals surface area contributed by atoms with Gasteiger partial charge in [-0.25, -0.2) is 0 Å². The Labute approximate surface area is 121 Å². The number of benzene rings is 2. The van der Waals surface area contributed by atoms with Gasteiger partial charge in [0.1, 0.15) is 5.75 Å². The van der Waals surface area contributed by atoms with Gasteiger partial charge in [0.2, 0.25) is 0 Å². The summed E-state index contributed by atoms with van der Waals surface area (Å²) < 4.78 is 0. The topological polar surface area (TPSA) is 32.3 Å². The first-order valence-electron chi connectivity index (χ1n) is 7.02. The molecule has 0 heterocycles. The van der Waals surface area contributed by atoms with E-state index in [-0.39, 0.29) is 11.5 Å². The van der Waals surface area contributed by atoms with Crippen molar-refractivity contribution in [3.05, 3.63) is 59.7 Å². The fraction of sp³-hybridized carbons (Fsp3) is 0.333. The van der Waals surface area contributed by atoms with E-state index < -0.39 is 0 Å². The van der Waals surface area contributed by atoms with Gasteiger partial charge in [-0.2, -0.15) is 0 Å². The molecule has 0 bridgehead atoms. The standard InChI is InChI=1S/C18H23NO/c1-13(14-6-5-7-17(20)12-14)19-16-10-8-15(9-11-16)18(2,3)4/h5-13,19-20H,1-4H3. The molecule has 0 saturated carbocycles. The first-order valence-corrected chi connectivity index (χ1v) is 7.02. The number of aromatic hydroxyl groups is 1. The summed E-state index contributed by atoms with van der Waals surface area (Å²) in [5.41, 5.74) is 3.67. The molecule has 0 saturated heterocycles. The molecule has 2 nitrogen and oxygen atoms in total. The van der Waals surface area contributed by atoms with Gasteiger partial charge in [-0.15, -0.1) is 0 Å². The molecule has 0 radical (unpaired) electrons. The van der Waals surface area contributed by atoms with Crippen LogP contribution in [0.1, 0.15) is 44.9 Å². The van der Waals surface area contributed by atoms with Crippen molar-refractivity contribution in [1.29, 1.82) is 0 Å². The van der Waals surface area contributed by atoms with Gasteiger partial charge in [-0.1, -0.05) is 45.0 Å². The van der Waals surface area contributed by atoms with E-state index in [4.69, 9.17) is 0 Å². The van der Waals surface area contributed by atoms with Crippen LogP contribution in [0, 0.1) is 0 Å². The highest BCUT2D eigenvalue weighted by atomic mass is 16.3. The number of hydrogen-bond acceptors (Lipinski definition) is 2. The first kappa shape index (κ1) is 14.4. The van der Waals surface area contributed by atoms with Crippen LogP contribution in [0.3, 0.4) is 0 Å². The minimum Gasteiger partial charge on any atom is -0.508 e. The summed E-state index contributed by atoms with van der Waals surface area (Å²) in [6.07, 6.45) is 0. The highest BCUT2D eigenvalue weighted by molar-refractivity contribution is 5.48. The van der Waals surface area contributed by atoms with E-state index >= 15 is 0 Å². The fourth-order valence-electron chi connectivity index (χ4n) is 2.19. The quantitative estimate of drug-likeness (QED) is 0.833. The molecule has 20 heavy (non-hydrogen) atoms. The monoisotopic (exact) mass is 269 g/mol. The number of nitrogens with one attached hydrogen (secondary N) is 1. The maximum Gasteiger partial charge on any atom is 0.115 e. The molecule has 0 aliphatic heterocycles. The third-order valence-corrected chi connectivity index (χ3v) is 3.50. The van der Waals surface area contributed by atoms with Crippen molar-refractivity contribution in [2.75, 3.05) is 5.32 Å². The Bertz CT molecular complexity index is 567. The first-order chi connectivity index (χ1) is 9.36. The molecule has 2 heteroatoms. The van der Waals surface area contributed by atoms with Crippen molar-refractivity contribution >= 4 is 5.69 Å². The van der Waals surface area contributed by atoms with Crippen LogP contribution in [0.25, 0.3) is 0 Å². The number of anilines is 1. The van der Waals surface area contributed by atoms with Crippen LogP contribution in [0.5, 0.6) is 5.75 Å². The minimum absolute atomic E-state index is 0.155. The smallest absolute Gasteiger partial charge is 0.115 e. The highest BCUT2D eigenvalue weighted by Gasteiger charge is 2.13. The summed E-state index contributed by atoms with van der Waals surface area (Å²) in [4.78, 5) is 0. The van der Waals surface area contributed by atoms with Crippen molar-refractivity contribution < 1.29 is 5.11 Å². The van der Waals surface area contributed by atoms with Gasteiger partial charge in [0.15, 0.2) is 0 Å². The molecule has 0 fully saturated rings. The summed E-state index contributed by atoms with van der Waals surface area (Å²) in [6.45, 7) is 8.73. The third kappa shape index (κ3) is 3.53. The molecular weight excluding hydrogens is 246 g/mol. The Morgan fingerprint density at radius 2 is 1.65 bits per heavy atom. The van der Waals surface area contributed by atoms with Crippen molar-refractivity contribution in [3.8, 4) is 5.75 Å². The van der Waals surface area contributed by atoms with E-state index in [1.807, 2.05) is 12.1 Å². The SMILES string of the molecule is CC(Nc1ccc(C(C)(C)C)cc1)c1cccc(O)c1. The van der Waals surface area contributed by atoms with Crippen LogP contribution in [-0.2, 0) is 5.41 Å². The van der Waals surface area contributed by atoms with E-state index in [2.05, 4.69) is 57.3 Å². The van der Waals surface area contributed by atoms with Crippen molar-refractivity contribution in [2.45, 2.75) is 39.2 Å². The van der Waals surface area contributed by atoms with Crippen LogP contribution in [0.15, 0.2) is 48.5 Å². The minimum atomic E-state index is 0.155. The molecule has 106 valence electrons. The van der Waals surface area contributed by atoms with Crippen molar-refractivity contribution in [3.63, 3.8) is 0 Å². The van der Waals surface area contributed by atoms with Gasteiger partial charge < -0.3 is 10.4 Å². The predicted molar refractivity (Wildman–Crippen MR) is 85.3 cm³/mol. The maximum atomic E-state index is 9.53. The second-order valence-electron chi connectivity index (χ2n) is 6.29. The molecule has 2 N–H and O–H groups in total. The zero-order valence-corrected chi connectivity index (χ0v) is 12.6. The summed E-state index contributed by atoms with van der Waals surface area (Å²) in [7, 11) is 0. The lowest BCUT2D eigenvalue weighted by Gasteiger charge is -2.20. The lowest BCUT2D eigenvalue weighted by molar-refractivity contribution is 0.474. The van der Waals surface area contributed by atoms with Crippen LogP contribution in [-0.4, -0.2) is 5.11 Å². The molecule has 0 spiro atoms. The van der Waals surface area contributed by atoms with Gasteiger partial charge in [0.05, 0.1) is 0 Å². The van der Waals surface area contributed by atoms with E-state index in [0.717, 1.165) is 11.3 Å². The average molecular weight is 269 g/mol. The number of hydrogen-bond donors (Lipinski definition) is 2. The van der Waals surface area contributed by atoms with Gasteiger partial charge in [0.25, 0.3) is 0 Å². The molecule has 2 aromatic carbocycles. The number of phenols is 1. The number of phenolic OH excluding ortho intramolecular Hbond substituents is 1. The second-order valence-corrected chi connectivity index (χ2v) is 6.29. The Morgan fingerprint density at radius 3 is 2.20 bits per heavy atom. The van der Waals surface area contributed by atoms with Crippen molar-refractivity contribution in [1.82, 2.24) is 0 Å². The lowest BCUT2D eigenvalue weighted by Crippen LogP contribution is -2.11. The molecule has 0 aliphatic rings. The average Bonchev–Trinajstić information content (AvgIpc) is 2.38. The van der Waals surface area contributed by atoms with Gasteiger partial charge >= 0.3 is 0 Å². The summed E-state index contributed by atoms with van der Waals surface area (Å²) >= 11 is 0. The van der Waals surface area contributed by atoms with Gasteiger partial charge in [0, 0.05) is 11.7 Å². The van der Waals surface area contributed by atoms with E-state index in [0.29, 0.717) is 5.75 Å². The predicted octanol–water partition coefficient (Wildman–Crippen LogP) is 4.86. The molecule has 2 rings (SSSR count). The maximum absolute atomic E-state index is 9.53. The number of rotatable bonds is 3. The summed E-state index contributed by atoms with van der Waals surface area (Å²) in [5.74, 6) is 0.305. The largest absolute Gasteiger partial charge is 0.508 e. The molecule has 1 unspecified atom stereocenters. The Kier molecular flexibility index (Phi) is 4.03. The van der Waals surface area contributed by atoms with E-state index in [1.54, 1.807) is 12.1 Å². The highest BCUT2D eigenvalue weighted by Crippen LogP contribution is 2.26. The summed E-state index contributed by atoms with van der Waals surface area (Å²) in [5, 5.41) is 13.0. The van der Waals surface area contributed by atoms with Gasteiger partial charge in [-0.05, 0) is 47.7 Å². The summed E-state index contributed by atoms with van der Waals surface area (Å²) in [6, 6.07) is 16.1. The van der Waals surface area contributed by atoms with Crippen LogP contribution in [0.4, 0.5) is 5.69 Å². The van der Waals surface area contributed by atoms with Crippen LogP contribution in [0.2, 0.25) is 0 Å². The van der Waals surface area contributed by atoms with E-state index in [1.165, 1.54) is 5.56 Å². The van der Waals surface area contributed by atoms with Crippen molar-refractivity contribution in [2.24, 2.45) is 0 Å². The molecular formula is C18H23NO. The molecule has 0 aromatic heterocycles. The zero-order chi connectivity index (χ0) is 14.8. The second kappa shape index (κ2) is 5.58. The Morgan fingerprint density at radius 1 is 1.00 bits per heavy atom. The Hall–Kier alpha value is -1.96. The Balaban J connectivity index is 2.10. The molecule has 0 aliphatic carbocycles. The van der Waals surface area contributed by atoms with Crippen LogP contribution < -0.4 is 5.32 Å². The normalized spacial score (nSPS) is 13.0. The lowest BCUT2D eigenvalue weighted by atomic mass is 9.87. The van der Waals surface area contributed by atoms with Gasteiger partial charge in [-0.3, -0.25) is 0 Å². The molecule has 1 atom stereocenters.